The summed E-state index contributed by atoms with van der Waals surface area (Å²) < 4.78 is 6.56. The van der Waals surface area contributed by atoms with Gasteiger partial charge in [-0.15, -0.1) is 0 Å². The molecule has 10 rings (SSSR count). The van der Waals surface area contributed by atoms with E-state index in [0.29, 0.717) is 0 Å². The van der Waals surface area contributed by atoms with Crippen LogP contribution in [0.4, 0.5) is 17.1 Å². The molecule has 2 nitrogen and oxygen atoms in total. The van der Waals surface area contributed by atoms with Crippen LogP contribution in [0.3, 0.4) is 0 Å². The van der Waals surface area contributed by atoms with Crippen LogP contribution in [0.15, 0.2) is 192 Å². The molecule has 0 saturated heterocycles. The van der Waals surface area contributed by atoms with Crippen LogP contribution in [-0.4, -0.2) is 0 Å². The highest BCUT2D eigenvalue weighted by molar-refractivity contribution is 6.12. The largest absolute Gasteiger partial charge is 0.455 e. The van der Waals surface area contributed by atoms with Gasteiger partial charge in [0.2, 0.25) is 0 Å². The van der Waals surface area contributed by atoms with Gasteiger partial charge in [-0.1, -0.05) is 141 Å². The monoisotopic (exact) mass is 679 g/mol. The van der Waals surface area contributed by atoms with Crippen molar-refractivity contribution in [2.45, 2.75) is 19.3 Å². The molecule has 0 atom stereocenters. The van der Waals surface area contributed by atoms with E-state index in [9.17, 15) is 0 Å². The van der Waals surface area contributed by atoms with Crippen molar-refractivity contribution in [2.75, 3.05) is 4.90 Å². The minimum Gasteiger partial charge on any atom is -0.455 e. The summed E-state index contributed by atoms with van der Waals surface area (Å²) in [4.78, 5) is 2.37. The van der Waals surface area contributed by atoms with Gasteiger partial charge < -0.3 is 9.32 Å². The fraction of sp³-hybridized carbons (Fsp3) is 0.0588. The molecule has 8 aromatic carbocycles. The molecule has 9 aromatic rings. The van der Waals surface area contributed by atoms with Crippen molar-refractivity contribution in [2.24, 2.45) is 0 Å². The smallest absolute Gasteiger partial charge is 0.143 e. The number of hydrogen-bond acceptors (Lipinski definition) is 2. The number of fused-ring (bicyclic) bond motifs is 7. The van der Waals surface area contributed by atoms with Crippen molar-refractivity contribution in [3.63, 3.8) is 0 Å². The molecule has 0 N–H and O–H groups in total. The quantitative estimate of drug-likeness (QED) is 0.174. The summed E-state index contributed by atoms with van der Waals surface area (Å²) >= 11 is 0. The highest BCUT2D eigenvalue weighted by Crippen LogP contribution is 2.54. The van der Waals surface area contributed by atoms with Gasteiger partial charge in [0.05, 0.1) is 0 Å². The first-order valence-corrected chi connectivity index (χ1v) is 18.3. The van der Waals surface area contributed by atoms with Gasteiger partial charge in [0, 0.05) is 38.8 Å². The summed E-state index contributed by atoms with van der Waals surface area (Å²) in [5, 5.41) is 2.33. The zero-order valence-electron chi connectivity index (χ0n) is 29.8. The summed E-state index contributed by atoms with van der Waals surface area (Å²) in [7, 11) is 0. The zero-order valence-corrected chi connectivity index (χ0v) is 29.8. The summed E-state index contributed by atoms with van der Waals surface area (Å²) in [5.74, 6) is 0. The van der Waals surface area contributed by atoms with E-state index in [1.54, 1.807) is 0 Å². The highest BCUT2D eigenvalue weighted by Gasteiger charge is 2.38. The Labute approximate surface area is 310 Å². The minimum absolute atomic E-state index is 0.194. The van der Waals surface area contributed by atoms with Gasteiger partial charge in [0.15, 0.2) is 0 Å². The van der Waals surface area contributed by atoms with Gasteiger partial charge in [-0.05, 0) is 111 Å². The van der Waals surface area contributed by atoms with Crippen LogP contribution in [0.1, 0.15) is 25.0 Å². The Morgan fingerprint density at radius 1 is 0.396 bits per heavy atom. The molecule has 252 valence electrons. The van der Waals surface area contributed by atoms with Crippen molar-refractivity contribution < 1.29 is 4.42 Å². The number of anilines is 3. The first-order valence-electron chi connectivity index (χ1n) is 18.3. The lowest BCUT2D eigenvalue weighted by molar-refractivity contribution is 0.653. The van der Waals surface area contributed by atoms with Crippen molar-refractivity contribution in [3.05, 3.63) is 199 Å². The van der Waals surface area contributed by atoms with E-state index in [1.165, 1.54) is 61.0 Å². The van der Waals surface area contributed by atoms with Crippen LogP contribution in [-0.2, 0) is 5.41 Å². The summed E-state index contributed by atoms with van der Waals surface area (Å²) in [6.07, 6.45) is 0. The van der Waals surface area contributed by atoms with Crippen LogP contribution in [0.2, 0.25) is 0 Å². The molecule has 0 radical (unpaired) electrons. The summed E-state index contributed by atoms with van der Waals surface area (Å²) in [5.41, 5.74) is 17.3. The molecule has 0 fully saturated rings. The van der Waals surface area contributed by atoms with Crippen LogP contribution >= 0.6 is 0 Å². The van der Waals surface area contributed by atoms with Crippen LogP contribution in [0, 0.1) is 0 Å². The second-order valence-corrected chi connectivity index (χ2v) is 14.6. The number of nitrogens with zero attached hydrogens (tertiary/aromatic N) is 1. The van der Waals surface area contributed by atoms with Crippen molar-refractivity contribution in [1.29, 1.82) is 0 Å². The lowest BCUT2D eigenvalue weighted by Gasteiger charge is -2.28. The molecule has 0 saturated carbocycles. The third-order valence-corrected chi connectivity index (χ3v) is 11.0. The lowest BCUT2D eigenvalue weighted by atomic mass is 9.82. The fourth-order valence-corrected chi connectivity index (χ4v) is 8.34. The van der Waals surface area contributed by atoms with E-state index in [1.807, 2.05) is 6.07 Å². The van der Waals surface area contributed by atoms with E-state index in [0.717, 1.165) is 33.6 Å². The van der Waals surface area contributed by atoms with Gasteiger partial charge in [-0.2, -0.15) is 0 Å². The predicted molar refractivity (Wildman–Crippen MR) is 222 cm³/mol. The molecule has 1 heterocycles. The molecule has 1 aliphatic carbocycles. The van der Waals surface area contributed by atoms with Crippen LogP contribution in [0.25, 0.3) is 66.4 Å². The maximum Gasteiger partial charge on any atom is 0.143 e. The molecule has 0 unspecified atom stereocenters. The second-order valence-electron chi connectivity index (χ2n) is 14.6. The van der Waals surface area contributed by atoms with Gasteiger partial charge in [-0.25, -0.2) is 0 Å². The van der Waals surface area contributed by atoms with Gasteiger partial charge in [-0.3, -0.25) is 0 Å². The number of benzene rings is 8. The first-order chi connectivity index (χ1) is 26.0. The predicted octanol–water partition coefficient (Wildman–Crippen LogP) is 14.4. The first kappa shape index (κ1) is 31.1. The number of para-hydroxylation sites is 2. The SMILES string of the molecule is CC1(C)c2cc(N(c3ccccc3)c3ccc(-c4cc(-c5ccccc5)cc(-c5ccccc5)c4)cc3)ccc2-c2c1ccc1c2oc2ccccc21. The van der Waals surface area contributed by atoms with E-state index in [4.69, 9.17) is 4.42 Å². The Morgan fingerprint density at radius 2 is 0.925 bits per heavy atom. The van der Waals surface area contributed by atoms with Gasteiger partial charge >= 0.3 is 0 Å². The molecular formula is C51H37NO. The Balaban J connectivity index is 1.08. The number of furan rings is 1. The Hall–Kier alpha value is -6.64. The molecule has 0 aliphatic heterocycles. The maximum absolute atomic E-state index is 6.56. The number of hydrogen-bond donors (Lipinski definition) is 0. The second kappa shape index (κ2) is 12.3. The topological polar surface area (TPSA) is 16.4 Å². The molecule has 0 amide bonds. The zero-order chi connectivity index (χ0) is 35.5. The molecule has 1 aliphatic rings. The standard InChI is InChI=1S/C51H37NO/c1-51(2)46-29-28-44-43-20-12-13-21-48(43)53-50(44)49(46)45-27-26-42(33-47(45)51)52(40-18-10-5-11-19-40)41-24-22-36(23-25-41)39-31-37(34-14-6-3-7-15-34)30-38(32-39)35-16-8-4-9-17-35/h3-33H,1-2H3. The van der Waals surface area contributed by atoms with Crippen molar-refractivity contribution in [1.82, 2.24) is 0 Å². The molecular weight excluding hydrogens is 643 g/mol. The minimum atomic E-state index is -0.194. The summed E-state index contributed by atoms with van der Waals surface area (Å²) in [6.45, 7) is 4.68. The van der Waals surface area contributed by atoms with Crippen LogP contribution < -0.4 is 4.90 Å². The highest BCUT2D eigenvalue weighted by atomic mass is 16.3. The summed E-state index contributed by atoms with van der Waals surface area (Å²) in [6, 6.07) is 67.8. The van der Waals surface area contributed by atoms with E-state index >= 15 is 0 Å². The van der Waals surface area contributed by atoms with E-state index in [2.05, 4.69) is 201 Å². The maximum atomic E-state index is 6.56. The third-order valence-electron chi connectivity index (χ3n) is 11.0. The lowest BCUT2D eigenvalue weighted by Crippen LogP contribution is -2.16. The van der Waals surface area contributed by atoms with Gasteiger partial charge in [0.25, 0.3) is 0 Å². The van der Waals surface area contributed by atoms with E-state index in [-0.39, 0.29) is 5.41 Å². The average Bonchev–Trinajstić information content (AvgIpc) is 3.71. The van der Waals surface area contributed by atoms with Crippen molar-refractivity contribution in [3.8, 4) is 44.5 Å². The molecule has 53 heavy (non-hydrogen) atoms. The molecule has 0 bridgehead atoms. The molecule has 1 aromatic heterocycles. The number of rotatable bonds is 6. The third kappa shape index (κ3) is 5.18. The average molecular weight is 680 g/mol. The van der Waals surface area contributed by atoms with Crippen LogP contribution in [0.5, 0.6) is 0 Å². The van der Waals surface area contributed by atoms with Crippen molar-refractivity contribution >= 4 is 39.0 Å². The Morgan fingerprint density at radius 3 is 1.57 bits per heavy atom. The molecule has 0 spiro atoms. The Kier molecular flexibility index (Phi) is 7.19. The van der Waals surface area contributed by atoms with E-state index < -0.39 is 0 Å². The molecule has 2 heteroatoms. The van der Waals surface area contributed by atoms with Gasteiger partial charge in [0.1, 0.15) is 11.2 Å². The fourth-order valence-electron chi connectivity index (χ4n) is 8.34. The Bertz CT molecular complexity index is 2720. The normalized spacial score (nSPS) is 12.9.